The zero-order valence-electron chi connectivity index (χ0n) is 14.8. The first-order valence-corrected chi connectivity index (χ1v) is 9.14. The number of hydrogen-bond donors (Lipinski definition) is 1. The lowest BCUT2D eigenvalue weighted by Crippen LogP contribution is -2.43. The van der Waals surface area contributed by atoms with Crippen LogP contribution < -0.4 is 5.73 Å². The summed E-state index contributed by atoms with van der Waals surface area (Å²) in [6.45, 7) is 9.67. The fourth-order valence-electron chi connectivity index (χ4n) is 3.53. The molecule has 3 rings (SSSR count). The van der Waals surface area contributed by atoms with Crippen LogP contribution in [0.1, 0.15) is 30.9 Å². The smallest absolute Gasteiger partial charge is 0.191 e. The molecule has 1 aromatic rings. The number of nitrogens with two attached hydrogens (primary N) is 1. The van der Waals surface area contributed by atoms with Crippen LogP contribution >= 0.6 is 0 Å². The highest BCUT2D eigenvalue weighted by atomic mass is 16.5. The van der Waals surface area contributed by atoms with Crippen molar-refractivity contribution in [3.05, 3.63) is 35.4 Å². The summed E-state index contributed by atoms with van der Waals surface area (Å²) in [5.74, 6) is 1.41. The molecule has 0 aromatic heterocycles. The van der Waals surface area contributed by atoms with Crippen LogP contribution in [0.4, 0.5) is 0 Å². The van der Waals surface area contributed by atoms with Gasteiger partial charge in [-0.3, -0.25) is 4.90 Å². The second kappa shape index (κ2) is 8.49. The van der Waals surface area contributed by atoms with Gasteiger partial charge in [-0.15, -0.1) is 0 Å². The minimum Gasteiger partial charge on any atom is -0.379 e. The van der Waals surface area contributed by atoms with E-state index in [9.17, 15) is 0 Å². The number of nitrogens with zero attached hydrogens (tertiary/aromatic N) is 3. The number of likely N-dealkylation sites (tertiary alicyclic amines) is 1. The molecule has 132 valence electrons. The first-order chi connectivity index (χ1) is 11.7. The second-order valence-corrected chi connectivity index (χ2v) is 7.03. The molecule has 0 saturated carbocycles. The van der Waals surface area contributed by atoms with Gasteiger partial charge in [-0.05, 0) is 29.9 Å². The first-order valence-electron chi connectivity index (χ1n) is 9.14. The topological polar surface area (TPSA) is 54.1 Å². The molecule has 2 saturated heterocycles. The van der Waals surface area contributed by atoms with Gasteiger partial charge in [0.05, 0.1) is 19.8 Å². The lowest BCUT2D eigenvalue weighted by molar-refractivity contribution is 0.0341. The minimum atomic E-state index is 0.664. The summed E-state index contributed by atoms with van der Waals surface area (Å²) in [6, 6.07) is 8.58. The Morgan fingerprint density at radius 1 is 1.21 bits per heavy atom. The standard InChI is InChI=1S/C19H30N4O/c1-16-5-4-8-23(14-16)19(20)21-13-17-6-2-3-7-18(17)15-22-9-11-24-12-10-22/h2-3,6-7,16H,4-5,8-15H2,1H3,(H2,20,21). The zero-order valence-corrected chi connectivity index (χ0v) is 14.8. The van der Waals surface area contributed by atoms with Gasteiger partial charge < -0.3 is 15.4 Å². The van der Waals surface area contributed by atoms with Crippen LogP contribution in [-0.2, 0) is 17.8 Å². The van der Waals surface area contributed by atoms with Crippen LogP contribution in [0.25, 0.3) is 0 Å². The van der Waals surface area contributed by atoms with Gasteiger partial charge in [0.1, 0.15) is 0 Å². The molecule has 2 fully saturated rings. The van der Waals surface area contributed by atoms with Crippen LogP contribution in [-0.4, -0.2) is 55.2 Å². The predicted molar refractivity (Wildman–Crippen MR) is 97.8 cm³/mol. The van der Waals surface area contributed by atoms with E-state index in [1.165, 1.54) is 24.0 Å². The van der Waals surface area contributed by atoms with E-state index in [-0.39, 0.29) is 0 Å². The molecular weight excluding hydrogens is 300 g/mol. The fourth-order valence-corrected chi connectivity index (χ4v) is 3.53. The maximum atomic E-state index is 6.24. The fraction of sp³-hybridized carbons (Fsp3) is 0.632. The number of benzene rings is 1. The highest BCUT2D eigenvalue weighted by molar-refractivity contribution is 5.78. The van der Waals surface area contributed by atoms with Gasteiger partial charge in [-0.25, -0.2) is 4.99 Å². The Hall–Kier alpha value is -1.59. The molecule has 0 amide bonds. The third-order valence-electron chi connectivity index (χ3n) is 5.01. The summed E-state index contributed by atoms with van der Waals surface area (Å²) in [5.41, 5.74) is 8.87. The molecule has 0 aliphatic carbocycles. The lowest BCUT2D eigenvalue weighted by atomic mass is 10.0. The number of guanidine groups is 1. The molecule has 5 heteroatoms. The number of ether oxygens (including phenoxy) is 1. The summed E-state index contributed by atoms with van der Waals surface area (Å²) in [7, 11) is 0. The Bertz CT molecular complexity index is 554. The van der Waals surface area contributed by atoms with Crippen LogP contribution in [0.5, 0.6) is 0 Å². The van der Waals surface area contributed by atoms with Gasteiger partial charge in [0, 0.05) is 32.7 Å². The molecule has 2 N–H and O–H groups in total. The van der Waals surface area contributed by atoms with Crippen LogP contribution in [0.3, 0.4) is 0 Å². The van der Waals surface area contributed by atoms with E-state index < -0.39 is 0 Å². The average molecular weight is 330 g/mol. The number of hydrogen-bond acceptors (Lipinski definition) is 3. The van der Waals surface area contributed by atoms with E-state index in [1.807, 2.05) is 0 Å². The molecule has 5 nitrogen and oxygen atoms in total. The number of rotatable bonds is 4. The summed E-state index contributed by atoms with van der Waals surface area (Å²) >= 11 is 0. The molecule has 0 spiro atoms. The Kier molecular flexibility index (Phi) is 6.10. The highest BCUT2D eigenvalue weighted by Crippen LogP contribution is 2.17. The molecule has 1 aromatic carbocycles. The molecule has 24 heavy (non-hydrogen) atoms. The molecule has 0 bridgehead atoms. The maximum Gasteiger partial charge on any atom is 0.191 e. The average Bonchev–Trinajstić information content (AvgIpc) is 2.61. The molecule has 2 aliphatic heterocycles. The van der Waals surface area contributed by atoms with E-state index in [0.29, 0.717) is 18.4 Å². The monoisotopic (exact) mass is 330 g/mol. The normalized spacial score (nSPS) is 23.5. The van der Waals surface area contributed by atoms with Crippen LogP contribution in [0.15, 0.2) is 29.3 Å². The summed E-state index contributed by atoms with van der Waals surface area (Å²) in [4.78, 5) is 9.36. The molecule has 2 heterocycles. The van der Waals surface area contributed by atoms with E-state index in [1.54, 1.807) is 0 Å². The number of morpholine rings is 1. The lowest BCUT2D eigenvalue weighted by Gasteiger charge is -2.31. The van der Waals surface area contributed by atoms with Crippen molar-refractivity contribution < 1.29 is 4.74 Å². The van der Waals surface area contributed by atoms with Gasteiger partial charge in [-0.2, -0.15) is 0 Å². The SMILES string of the molecule is CC1CCCN(C(N)=NCc2ccccc2CN2CCOCC2)C1. The van der Waals surface area contributed by atoms with Gasteiger partial charge in [0.25, 0.3) is 0 Å². The maximum absolute atomic E-state index is 6.24. The van der Waals surface area contributed by atoms with Gasteiger partial charge in [0.2, 0.25) is 0 Å². The van der Waals surface area contributed by atoms with E-state index in [0.717, 1.165) is 45.9 Å². The van der Waals surface area contributed by atoms with E-state index in [2.05, 4.69) is 46.0 Å². The molecule has 0 radical (unpaired) electrons. The van der Waals surface area contributed by atoms with Crippen molar-refractivity contribution in [3.63, 3.8) is 0 Å². The zero-order chi connectivity index (χ0) is 16.8. The van der Waals surface area contributed by atoms with Crippen molar-refractivity contribution in [2.45, 2.75) is 32.9 Å². The highest BCUT2D eigenvalue weighted by Gasteiger charge is 2.18. The van der Waals surface area contributed by atoms with E-state index in [4.69, 9.17) is 10.5 Å². The number of aliphatic imine (C=N–C) groups is 1. The Balaban J connectivity index is 1.62. The third-order valence-corrected chi connectivity index (χ3v) is 5.01. The van der Waals surface area contributed by atoms with Gasteiger partial charge in [-0.1, -0.05) is 31.2 Å². The molecule has 1 unspecified atom stereocenters. The van der Waals surface area contributed by atoms with Gasteiger partial charge >= 0.3 is 0 Å². The van der Waals surface area contributed by atoms with Crippen molar-refractivity contribution >= 4 is 5.96 Å². The van der Waals surface area contributed by atoms with Crippen LogP contribution in [0.2, 0.25) is 0 Å². The quantitative estimate of drug-likeness (QED) is 0.678. The molecule has 1 atom stereocenters. The Labute approximate surface area is 145 Å². The van der Waals surface area contributed by atoms with Crippen molar-refractivity contribution in [2.75, 3.05) is 39.4 Å². The predicted octanol–water partition coefficient (Wildman–Crippen LogP) is 2.07. The second-order valence-electron chi connectivity index (χ2n) is 7.03. The summed E-state index contributed by atoms with van der Waals surface area (Å²) in [5, 5.41) is 0. The van der Waals surface area contributed by atoms with Crippen molar-refractivity contribution in [3.8, 4) is 0 Å². The Morgan fingerprint density at radius 3 is 2.71 bits per heavy atom. The summed E-state index contributed by atoms with van der Waals surface area (Å²) < 4.78 is 5.44. The third kappa shape index (κ3) is 4.71. The number of piperidine rings is 1. The van der Waals surface area contributed by atoms with Crippen molar-refractivity contribution in [2.24, 2.45) is 16.6 Å². The minimum absolute atomic E-state index is 0.664. The largest absolute Gasteiger partial charge is 0.379 e. The van der Waals surface area contributed by atoms with Crippen molar-refractivity contribution in [1.82, 2.24) is 9.80 Å². The Morgan fingerprint density at radius 2 is 1.96 bits per heavy atom. The van der Waals surface area contributed by atoms with Crippen LogP contribution in [0, 0.1) is 5.92 Å². The molecule has 2 aliphatic rings. The summed E-state index contributed by atoms with van der Waals surface area (Å²) in [6.07, 6.45) is 2.51. The first kappa shape index (κ1) is 17.2. The van der Waals surface area contributed by atoms with Gasteiger partial charge in [0.15, 0.2) is 5.96 Å². The molecular formula is C19H30N4O. The van der Waals surface area contributed by atoms with E-state index >= 15 is 0 Å². The van der Waals surface area contributed by atoms with Crippen molar-refractivity contribution in [1.29, 1.82) is 0 Å².